The van der Waals surface area contributed by atoms with E-state index in [0.717, 1.165) is 95.9 Å². The maximum atomic E-state index is 14.2. The number of nitrogens with zero attached hydrogens (tertiary/aromatic N) is 3. The van der Waals surface area contributed by atoms with E-state index in [-0.39, 0.29) is 17.0 Å². The van der Waals surface area contributed by atoms with Gasteiger partial charge in [0, 0.05) is 22.6 Å². The minimum absolute atomic E-state index is 0.0406. The van der Waals surface area contributed by atoms with Crippen LogP contribution in [0.5, 0.6) is 0 Å². The standard InChI is InChI=1S/C43H48N4O2S/c1-30-18-24-33(25-19-30)40-38-16-10-11-17-39(38)42(45-41(40)34-26-20-31(2)21-27-34)47(36-14-8-5-9-15-36)43(44-35-12-6-4-7-13-35)46-50(48,49)37-28-22-32(3)23-29-37/h10-11,16-29,35-36H,4-9,12-15H2,1-3H3,(H,44,46). The van der Waals surface area contributed by atoms with Crippen molar-refractivity contribution in [3.05, 3.63) is 114 Å². The Hall–Kier alpha value is -4.49. The molecule has 50 heavy (non-hydrogen) atoms. The van der Waals surface area contributed by atoms with E-state index in [1.165, 1.54) is 24.0 Å². The number of aliphatic imine (C=N–C) groups is 1. The van der Waals surface area contributed by atoms with Crippen LogP contribution in [-0.4, -0.2) is 31.4 Å². The zero-order valence-electron chi connectivity index (χ0n) is 29.5. The highest BCUT2D eigenvalue weighted by atomic mass is 32.2. The summed E-state index contributed by atoms with van der Waals surface area (Å²) in [6.07, 6.45) is 10.5. The second-order valence-electron chi connectivity index (χ2n) is 14.3. The summed E-state index contributed by atoms with van der Waals surface area (Å²) in [5.74, 6) is 1.14. The third kappa shape index (κ3) is 7.34. The van der Waals surface area contributed by atoms with E-state index >= 15 is 0 Å². The molecule has 6 nitrogen and oxygen atoms in total. The number of rotatable bonds is 7. The van der Waals surface area contributed by atoms with Gasteiger partial charge in [-0.25, -0.2) is 23.1 Å². The molecule has 5 aromatic rings. The van der Waals surface area contributed by atoms with Crippen LogP contribution in [0.3, 0.4) is 0 Å². The van der Waals surface area contributed by atoms with Crippen LogP contribution < -0.4 is 9.62 Å². The fourth-order valence-electron chi connectivity index (χ4n) is 7.56. The Kier molecular flexibility index (Phi) is 10.0. The van der Waals surface area contributed by atoms with Crippen molar-refractivity contribution in [2.45, 2.75) is 102 Å². The highest BCUT2D eigenvalue weighted by molar-refractivity contribution is 7.90. The molecule has 0 aliphatic heterocycles. The number of hydrogen-bond donors (Lipinski definition) is 1. The van der Waals surface area contributed by atoms with Crippen molar-refractivity contribution >= 4 is 32.6 Å². The first kappa shape index (κ1) is 34.0. The molecule has 2 saturated carbocycles. The summed E-state index contributed by atoms with van der Waals surface area (Å²) in [4.78, 5) is 13.4. The van der Waals surface area contributed by atoms with Crippen LogP contribution in [-0.2, 0) is 10.0 Å². The second kappa shape index (κ2) is 14.8. The van der Waals surface area contributed by atoms with Crippen molar-refractivity contribution in [3.63, 3.8) is 0 Å². The maximum Gasteiger partial charge on any atom is 0.264 e. The van der Waals surface area contributed by atoms with E-state index in [1.54, 1.807) is 12.1 Å². The summed E-state index contributed by atoms with van der Waals surface area (Å²) in [7, 11) is -3.94. The molecule has 0 saturated heterocycles. The van der Waals surface area contributed by atoms with Gasteiger partial charge in [-0.2, -0.15) is 0 Å². The molecule has 0 unspecified atom stereocenters. The van der Waals surface area contributed by atoms with Crippen molar-refractivity contribution in [1.29, 1.82) is 0 Å². The number of aryl methyl sites for hydroxylation is 3. The van der Waals surface area contributed by atoms with Crippen molar-refractivity contribution in [1.82, 2.24) is 9.71 Å². The number of sulfonamides is 1. The first-order valence-corrected chi connectivity index (χ1v) is 19.8. The second-order valence-corrected chi connectivity index (χ2v) is 15.9. The molecule has 0 radical (unpaired) electrons. The molecule has 1 aromatic heterocycles. The lowest BCUT2D eigenvalue weighted by Gasteiger charge is -2.37. The summed E-state index contributed by atoms with van der Waals surface area (Å²) < 4.78 is 31.5. The number of nitrogens with one attached hydrogen (secondary N) is 1. The SMILES string of the molecule is Cc1ccc(-c2nc(N(C(=NC3CCCCC3)NS(=O)(=O)c3ccc(C)cc3)C3CCCCC3)c3ccccc3c2-c2ccc(C)cc2)cc1. The number of guanidine groups is 1. The molecule has 7 rings (SSSR count). The molecule has 2 aliphatic carbocycles. The normalized spacial score (nSPS) is 16.4. The van der Waals surface area contributed by atoms with Gasteiger partial charge in [0.2, 0.25) is 5.96 Å². The molecule has 4 aromatic carbocycles. The van der Waals surface area contributed by atoms with E-state index in [9.17, 15) is 8.42 Å². The zero-order chi connectivity index (χ0) is 34.7. The van der Waals surface area contributed by atoms with Crippen molar-refractivity contribution in [3.8, 4) is 22.4 Å². The summed E-state index contributed by atoms with van der Waals surface area (Å²) in [5.41, 5.74) is 7.46. The summed E-state index contributed by atoms with van der Waals surface area (Å²) in [6.45, 7) is 6.17. The van der Waals surface area contributed by atoms with Gasteiger partial charge in [-0.1, -0.05) is 140 Å². The smallest absolute Gasteiger partial charge is 0.264 e. The fraction of sp³-hybridized carbons (Fsp3) is 0.349. The minimum atomic E-state index is -3.94. The maximum absolute atomic E-state index is 14.2. The number of aromatic nitrogens is 1. The number of benzene rings is 4. The number of hydrogen-bond acceptors (Lipinski definition) is 4. The van der Waals surface area contributed by atoms with Crippen LogP contribution in [0.4, 0.5) is 5.82 Å². The van der Waals surface area contributed by atoms with Gasteiger partial charge in [-0.15, -0.1) is 0 Å². The van der Waals surface area contributed by atoms with Crippen LogP contribution in [0, 0.1) is 20.8 Å². The minimum Gasteiger partial charge on any atom is -0.293 e. The molecule has 0 bridgehead atoms. The molecule has 0 atom stereocenters. The first-order valence-electron chi connectivity index (χ1n) is 18.3. The zero-order valence-corrected chi connectivity index (χ0v) is 30.3. The van der Waals surface area contributed by atoms with Gasteiger partial charge in [0.25, 0.3) is 10.0 Å². The lowest BCUT2D eigenvalue weighted by molar-refractivity contribution is 0.428. The Balaban J connectivity index is 1.49. The molecule has 1 N–H and O–H groups in total. The quantitative estimate of drug-likeness (QED) is 0.137. The van der Waals surface area contributed by atoms with Crippen LogP contribution in [0.2, 0.25) is 0 Å². The highest BCUT2D eigenvalue weighted by Crippen LogP contribution is 2.42. The van der Waals surface area contributed by atoms with Gasteiger partial charge in [0.15, 0.2) is 0 Å². The van der Waals surface area contributed by atoms with Crippen LogP contribution >= 0.6 is 0 Å². The Labute approximate surface area is 297 Å². The largest absolute Gasteiger partial charge is 0.293 e. The summed E-state index contributed by atoms with van der Waals surface area (Å²) in [6, 6.07) is 32.8. The van der Waals surface area contributed by atoms with E-state index in [1.807, 2.05) is 19.1 Å². The molecule has 258 valence electrons. The molecular weight excluding hydrogens is 637 g/mol. The van der Waals surface area contributed by atoms with Gasteiger partial charge in [-0.05, 0) is 69.5 Å². The van der Waals surface area contributed by atoms with Gasteiger partial charge in [0.1, 0.15) is 5.82 Å². The van der Waals surface area contributed by atoms with Gasteiger partial charge in [-0.3, -0.25) is 4.90 Å². The Morgan fingerprint density at radius 3 is 1.78 bits per heavy atom. The monoisotopic (exact) mass is 684 g/mol. The van der Waals surface area contributed by atoms with Crippen molar-refractivity contribution in [2.24, 2.45) is 4.99 Å². The van der Waals surface area contributed by atoms with Gasteiger partial charge >= 0.3 is 0 Å². The highest BCUT2D eigenvalue weighted by Gasteiger charge is 2.33. The van der Waals surface area contributed by atoms with Crippen LogP contribution in [0.25, 0.3) is 33.2 Å². The topological polar surface area (TPSA) is 74.7 Å². The van der Waals surface area contributed by atoms with Crippen LogP contribution in [0.1, 0.15) is 80.9 Å². The van der Waals surface area contributed by atoms with Crippen molar-refractivity contribution in [2.75, 3.05) is 4.90 Å². The molecule has 0 amide bonds. The first-order chi connectivity index (χ1) is 24.3. The van der Waals surface area contributed by atoms with Crippen LogP contribution in [0.15, 0.2) is 107 Å². The number of fused-ring (bicyclic) bond motifs is 1. The Morgan fingerprint density at radius 1 is 0.660 bits per heavy atom. The lowest BCUT2D eigenvalue weighted by atomic mass is 9.91. The molecule has 0 spiro atoms. The molecule has 1 heterocycles. The third-order valence-corrected chi connectivity index (χ3v) is 11.7. The average Bonchev–Trinajstić information content (AvgIpc) is 3.13. The molecule has 7 heteroatoms. The average molecular weight is 685 g/mol. The predicted octanol–water partition coefficient (Wildman–Crippen LogP) is 10.3. The van der Waals surface area contributed by atoms with Crippen molar-refractivity contribution < 1.29 is 8.42 Å². The number of anilines is 1. The molecule has 2 fully saturated rings. The third-order valence-electron chi connectivity index (χ3n) is 10.4. The summed E-state index contributed by atoms with van der Waals surface area (Å²) >= 11 is 0. The van der Waals surface area contributed by atoms with E-state index in [2.05, 4.69) is 96.3 Å². The molecule has 2 aliphatic rings. The lowest BCUT2D eigenvalue weighted by Crippen LogP contribution is -2.51. The fourth-order valence-corrected chi connectivity index (χ4v) is 8.57. The van der Waals surface area contributed by atoms with E-state index in [0.29, 0.717) is 5.96 Å². The molecular formula is C43H48N4O2S. The predicted molar refractivity (Wildman–Crippen MR) is 207 cm³/mol. The van der Waals surface area contributed by atoms with Gasteiger partial charge < -0.3 is 0 Å². The Morgan fingerprint density at radius 2 is 1.18 bits per heavy atom. The Bertz CT molecular complexity index is 2080. The van der Waals surface area contributed by atoms with Gasteiger partial charge in [0.05, 0.1) is 16.6 Å². The van der Waals surface area contributed by atoms with E-state index in [4.69, 9.17) is 9.98 Å². The summed E-state index contributed by atoms with van der Waals surface area (Å²) in [5, 5.41) is 2.06. The number of pyridine rings is 1. The van der Waals surface area contributed by atoms with E-state index < -0.39 is 10.0 Å².